The first-order chi connectivity index (χ1) is 18.6. The summed E-state index contributed by atoms with van der Waals surface area (Å²) in [5, 5.41) is 10.4. The lowest BCUT2D eigenvalue weighted by atomic mass is 9.76. The zero-order chi connectivity index (χ0) is 27.6. The third-order valence-corrected chi connectivity index (χ3v) is 7.49. The number of halogens is 3. The highest BCUT2D eigenvalue weighted by molar-refractivity contribution is 6.00. The minimum atomic E-state index is -4.45. The molecule has 39 heavy (non-hydrogen) atoms. The average Bonchev–Trinajstić information content (AvgIpc) is 3.41. The van der Waals surface area contributed by atoms with E-state index in [1.54, 1.807) is 0 Å². The molecule has 1 amide bonds. The Morgan fingerprint density at radius 1 is 1.10 bits per heavy atom. The maximum atomic E-state index is 12.6. The van der Waals surface area contributed by atoms with Gasteiger partial charge in [0.2, 0.25) is 11.8 Å². The molecule has 2 aromatic heterocycles. The number of carbonyl (C=O) groups is 2. The second kappa shape index (κ2) is 10.7. The molecule has 2 fully saturated rings. The van der Waals surface area contributed by atoms with Gasteiger partial charge in [0, 0.05) is 18.0 Å². The average molecular weight is 545 g/mol. The first-order valence-electron chi connectivity index (χ1n) is 12.6. The number of pyridine rings is 1. The van der Waals surface area contributed by atoms with Gasteiger partial charge in [0.15, 0.2) is 6.61 Å². The number of nitrogens with one attached hydrogen (secondary N) is 1. The van der Waals surface area contributed by atoms with Crippen molar-refractivity contribution in [3.8, 4) is 5.88 Å². The molecule has 0 aliphatic heterocycles. The van der Waals surface area contributed by atoms with E-state index in [4.69, 9.17) is 9.15 Å². The molecule has 2 heterocycles. The smallest absolute Gasteiger partial charge is 0.422 e. The van der Waals surface area contributed by atoms with Crippen LogP contribution in [-0.4, -0.2) is 47.0 Å². The first kappa shape index (κ1) is 26.6. The van der Waals surface area contributed by atoms with E-state index in [-0.39, 0.29) is 41.4 Å². The summed E-state index contributed by atoms with van der Waals surface area (Å²) in [5.74, 6) is -0.401. The van der Waals surface area contributed by atoms with Gasteiger partial charge in [-0.25, -0.2) is 4.98 Å². The molecule has 2 saturated carbocycles. The second-order valence-electron chi connectivity index (χ2n) is 10.1. The fourth-order valence-corrected chi connectivity index (χ4v) is 5.27. The molecule has 0 saturated heterocycles. The summed E-state index contributed by atoms with van der Waals surface area (Å²) < 4.78 is 51.7. The molecular formula is C27H27F3N4O5. The molecule has 1 aromatic carbocycles. The van der Waals surface area contributed by atoms with E-state index in [1.807, 2.05) is 24.3 Å². The summed E-state index contributed by atoms with van der Waals surface area (Å²) in [5.41, 5.74) is 2.51. The predicted molar refractivity (Wildman–Crippen MR) is 131 cm³/mol. The summed E-state index contributed by atoms with van der Waals surface area (Å²) >= 11 is 0. The van der Waals surface area contributed by atoms with E-state index in [2.05, 4.69) is 25.2 Å². The second-order valence-corrected chi connectivity index (χ2v) is 10.1. The highest BCUT2D eigenvalue weighted by Gasteiger charge is 2.59. The Kier molecular flexibility index (Phi) is 7.28. The minimum absolute atomic E-state index is 0.0507. The molecule has 5 rings (SSSR count). The van der Waals surface area contributed by atoms with E-state index < -0.39 is 18.7 Å². The zero-order valence-electron chi connectivity index (χ0n) is 21.2. The van der Waals surface area contributed by atoms with Crippen molar-refractivity contribution in [2.24, 2.45) is 11.3 Å². The minimum Gasteiger partial charge on any atom is -0.469 e. The Morgan fingerprint density at radius 3 is 2.49 bits per heavy atom. The van der Waals surface area contributed by atoms with Crippen molar-refractivity contribution < 1.29 is 36.7 Å². The van der Waals surface area contributed by atoms with Crippen LogP contribution in [0.3, 0.4) is 0 Å². The number of anilines is 1. The summed E-state index contributed by atoms with van der Waals surface area (Å²) in [6, 6.07) is 10.5. The Balaban J connectivity index is 1.11. The quantitative estimate of drug-likeness (QED) is 0.390. The highest BCUT2D eigenvalue weighted by Crippen LogP contribution is 2.63. The normalized spacial score (nSPS) is 22.4. The van der Waals surface area contributed by atoms with Crippen LogP contribution in [0.25, 0.3) is 0 Å². The first-order valence-corrected chi connectivity index (χ1v) is 12.6. The van der Waals surface area contributed by atoms with E-state index in [9.17, 15) is 22.8 Å². The van der Waals surface area contributed by atoms with Crippen LogP contribution in [0, 0.1) is 11.3 Å². The molecule has 2 aliphatic rings. The zero-order valence-corrected chi connectivity index (χ0v) is 21.2. The molecule has 12 heteroatoms. The maximum Gasteiger partial charge on any atom is 0.422 e. The molecule has 1 N–H and O–H groups in total. The van der Waals surface area contributed by atoms with Crippen molar-refractivity contribution in [3.63, 3.8) is 0 Å². The number of aromatic nitrogens is 3. The van der Waals surface area contributed by atoms with Crippen LogP contribution in [0.5, 0.6) is 5.88 Å². The number of benzene rings is 1. The van der Waals surface area contributed by atoms with Gasteiger partial charge in [0.1, 0.15) is 0 Å². The number of hydrogen-bond acceptors (Lipinski definition) is 8. The summed E-state index contributed by atoms with van der Waals surface area (Å²) in [4.78, 5) is 28.3. The van der Waals surface area contributed by atoms with E-state index >= 15 is 0 Å². The van der Waals surface area contributed by atoms with Crippen LogP contribution in [0.2, 0.25) is 0 Å². The Morgan fingerprint density at radius 2 is 1.85 bits per heavy atom. The summed E-state index contributed by atoms with van der Waals surface area (Å²) in [6.45, 7) is -1.43. The largest absolute Gasteiger partial charge is 0.469 e. The van der Waals surface area contributed by atoms with Crippen LogP contribution in [0.4, 0.5) is 18.9 Å². The van der Waals surface area contributed by atoms with Gasteiger partial charge in [-0.15, -0.1) is 10.2 Å². The number of carbonyl (C=O) groups excluding carboxylic acids is 2. The van der Waals surface area contributed by atoms with Crippen LogP contribution in [0.15, 0.2) is 47.0 Å². The monoisotopic (exact) mass is 544 g/mol. The van der Waals surface area contributed by atoms with Gasteiger partial charge < -0.3 is 19.2 Å². The lowest BCUT2D eigenvalue weighted by Crippen LogP contribution is -2.19. The lowest BCUT2D eigenvalue weighted by Gasteiger charge is -2.29. The number of rotatable bonds is 8. The molecule has 1 atom stereocenters. The van der Waals surface area contributed by atoms with Crippen molar-refractivity contribution in [3.05, 3.63) is 65.5 Å². The number of amides is 1. The molecule has 1 spiro atoms. The lowest BCUT2D eigenvalue weighted by molar-refractivity contribution is -0.154. The van der Waals surface area contributed by atoms with Gasteiger partial charge in [-0.05, 0) is 66.7 Å². The highest BCUT2D eigenvalue weighted by atomic mass is 19.4. The molecular weight excluding hydrogens is 517 g/mol. The van der Waals surface area contributed by atoms with Crippen molar-refractivity contribution in [1.82, 2.24) is 15.2 Å². The fourth-order valence-electron chi connectivity index (χ4n) is 5.27. The number of nitrogens with zero attached hydrogens (tertiary/aromatic N) is 3. The van der Waals surface area contributed by atoms with E-state index in [0.29, 0.717) is 17.2 Å². The van der Waals surface area contributed by atoms with Crippen LogP contribution >= 0.6 is 0 Å². The summed E-state index contributed by atoms with van der Waals surface area (Å²) in [7, 11) is 1.45. The Bertz CT molecular complexity index is 1320. The topological polar surface area (TPSA) is 116 Å². The van der Waals surface area contributed by atoms with Gasteiger partial charge >= 0.3 is 23.9 Å². The van der Waals surface area contributed by atoms with Crippen LogP contribution in [0.1, 0.15) is 65.7 Å². The third kappa shape index (κ3) is 6.37. The number of methoxy groups -OCH3 is 1. The molecule has 206 valence electrons. The van der Waals surface area contributed by atoms with Gasteiger partial charge in [0.05, 0.1) is 19.4 Å². The van der Waals surface area contributed by atoms with Gasteiger partial charge in [0.25, 0.3) is 0 Å². The molecule has 3 aromatic rings. The van der Waals surface area contributed by atoms with Crippen LogP contribution < -0.4 is 10.1 Å². The molecule has 0 bridgehead atoms. The van der Waals surface area contributed by atoms with Gasteiger partial charge in [-0.2, -0.15) is 13.2 Å². The molecule has 2 aliphatic carbocycles. The standard InChI is InChI=1S/C27H27F3N4O5/c1-37-25(36)20-13-26(20)10-8-18(9-11-26)17-3-5-19(6-4-17)32-23(35)24-34-33-22(39-24)12-16-2-7-21(31-14-16)38-15-27(28,29)30/h2-7,14,18,20H,8-13,15H2,1H3,(H,32,35). The van der Waals surface area contributed by atoms with Crippen molar-refractivity contribution in [1.29, 1.82) is 0 Å². The number of ether oxygens (including phenoxy) is 2. The third-order valence-electron chi connectivity index (χ3n) is 7.49. The van der Waals surface area contributed by atoms with Crippen molar-refractivity contribution in [2.75, 3.05) is 19.0 Å². The Hall–Kier alpha value is -3.96. The number of esters is 1. The molecule has 9 nitrogen and oxygen atoms in total. The van der Waals surface area contributed by atoms with Crippen molar-refractivity contribution in [2.45, 2.75) is 50.6 Å². The Labute approximate surface area is 222 Å². The van der Waals surface area contributed by atoms with E-state index in [1.165, 1.54) is 31.0 Å². The summed E-state index contributed by atoms with van der Waals surface area (Å²) in [6.07, 6.45) is 2.03. The van der Waals surface area contributed by atoms with Crippen molar-refractivity contribution >= 4 is 17.6 Å². The molecule has 1 unspecified atom stereocenters. The fraction of sp³-hybridized carbons (Fsp3) is 0.444. The van der Waals surface area contributed by atoms with Gasteiger partial charge in [-0.3, -0.25) is 9.59 Å². The number of hydrogen-bond donors (Lipinski definition) is 1. The van der Waals surface area contributed by atoms with Crippen LogP contribution in [-0.2, 0) is 16.0 Å². The molecule has 0 radical (unpaired) electrons. The predicted octanol–water partition coefficient (Wildman–Crippen LogP) is 5.09. The van der Waals surface area contributed by atoms with Gasteiger partial charge in [-0.1, -0.05) is 18.2 Å². The van der Waals surface area contributed by atoms with E-state index in [0.717, 1.165) is 32.1 Å². The SMILES string of the molecule is COC(=O)C1CC12CCC(c1ccc(NC(=O)c3nnc(Cc4ccc(OCC(F)(F)F)nc4)o3)cc1)CC2. The number of alkyl halides is 3. The maximum absolute atomic E-state index is 12.6.